The molecule has 0 aromatic rings. The molecular weight excluding hydrogens is 357 g/mol. The second-order valence-electron chi connectivity index (χ2n) is 3.74. The molecule has 0 aromatic carbocycles. The van der Waals surface area contributed by atoms with Crippen molar-refractivity contribution in [2.24, 2.45) is 4.99 Å². The van der Waals surface area contributed by atoms with Gasteiger partial charge in [0.05, 0.1) is 13.2 Å². The highest BCUT2D eigenvalue weighted by atomic mass is 127. The maximum absolute atomic E-state index is 5.38. The fourth-order valence-electron chi connectivity index (χ4n) is 1.26. The van der Waals surface area contributed by atoms with Crippen molar-refractivity contribution in [1.82, 2.24) is 10.6 Å². The molecule has 2 N–H and O–H groups in total. The Morgan fingerprint density at radius 3 is 2.63 bits per heavy atom. The van der Waals surface area contributed by atoms with Crippen LogP contribution in [0.3, 0.4) is 0 Å². The summed E-state index contributed by atoms with van der Waals surface area (Å²) in [6, 6.07) is 0. The van der Waals surface area contributed by atoms with Crippen molar-refractivity contribution >= 4 is 29.9 Å². The highest BCUT2D eigenvalue weighted by Gasteiger charge is 1.94. The molecule has 0 rings (SSSR count). The van der Waals surface area contributed by atoms with Gasteiger partial charge in [-0.05, 0) is 19.8 Å². The predicted molar refractivity (Wildman–Crippen MR) is 91.5 cm³/mol. The van der Waals surface area contributed by atoms with Crippen molar-refractivity contribution in [3.05, 3.63) is 12.7 Å². The van der Waals surface area contributed by atoms with Gasteiger partial charge < -0.3 is 20.1 Å². The SMILES string of the molecule is C=CCNC(=NCCCCOCCOC)NCC.I. The largest absolute Gasteiger partial charge is 0.382 e. The van der Waals surface area contributed by atoms with Gasteiger partial charge in [-0.3, -0.25) is 4.99 Å². The van der Waals surface area contributed by atoms with Crippen LogP contribution in [0.2, 0.25) is 0 Å². The van der Waals surface area contributed by atoms with E-state index in [1.165, 1.54) is 0 Å². The summed E-state index contributed by atoms with van der Waals surface area (Å²) in [6.07, 6.45) is 3.86. The Labute approximate surface area is 134 Å². The lowest BCUT2D eigenvalue weighted by atomic mass is 10.3. The van der Waals surface area contributed by atoms with E-state index in [0.717, 1.165) is 45.0 Å². The van der Waals surface area contributed by atoms with E-state index < -0.39 is 0 Å². The first-order chi connectivity index (χ1) is 8.85. The third kappa shape index (κ3) is 15.6. The van der Waals surface area contributed by atoms with Crippen molar-refractivity contribution in [2.45, 2.75) is 19.8 Å². The number of halogens is 1. The molecule has 0 saturated carbocycles. The Balaban J connectivity index is 0. The first kappa shape index (κ1) is 21.0. The molecule has 0 unspecified atom stereocenters. The lowest BCUT2D eigenvalue weighted by Crippen LogP contribution is -2.37. The highest BCUT2D eigenvalue weighted by Crippen LogP contribution is 1.91. The zero-order valence-corrected chi connectivity index (χ0v) is 14.4. The molecule has 0 spiro atoms. The summed E-state index contributed by atoms with van der Waals surface area (Å²) in [4.78, 5) is 4.45. The predicted octanol–water partition coefficient (Wildman–Crippen LogP) is 1.79. The van der Waals surface area contributed by atoms with Gasteiger partial charge >= 0.3 is 0 Å². The smallest absolute Gasteiger partial charge is 0.191 e. The molecule has 0 aliphatic heterocycles. The summed E-state index contributed by atoms with van der Waals surface area (Å²) in [7, 11) is 1.68. The van der Waals surface area contributed by atoms with Crippen LogP contribution < -0.4 is 10.6 Å². The van der Waals surface area contributed by atoms with Gasteiger partial charge in [-0.25, -0.2) is 0 Å². The number of aliphatic imine (C=N–C) groups is 1. The normalized spacial score (nSPS) is 10.7. The third-order valence-corrected chi connectivity index (χ3v) is 2.16. The second-order valence-corrected chi connectivity index (χ2v) is 3.74. The quantitative estimate of drug-likeness (QED) is 0.187. The molecule has 0 radical (unpaired) electrons. The average Bonchev–Trinajstić information content (AvgIpc) is 2.39. The molecule has 0 fully saturated rings. The summed E-state index contributed by atoms with van der Waals surface area (Å²) in [5.74, 6) is 0.845. The van der Waals surface area contributed by atoms with Gasteiger partial charge in [-0.2, -0.15) is 0 Å². The second kappa shape index (κ2) is 17.7. The van der Waals surface area contributed by atoms with E-state index in [0.29, 0.717) is 13.2 Å². The summed E-state index contributed by atoms with van der Waals surface area (Å²) in [5, 5.41) is 6.34. The summed E-state index contributed by atoms with van der Waals surface area (Å²) >= 11 is 0. The monoisotopic (exact) mass is 385 g/mol. The van der Waals surface area contributed by atoms with Crippen LogP contribution in [0, 0.1) is 0 Å². The van der Waals surface area contributed by atoms with Gasteiger partial charge in [0.2, 0.25) is 0 Å². The van der Waals surface area contributed by atoms with E-state index in [1.54, 1.807) is 7.11 Å². The van der Waals surface area contributed by atoms with Gasteiger partial charge in [0.1, 0.15) is 0 Å². The van der Waals surface area contributed by atoms with Gasteiger partial charge in [0.25, 0.3) is 0 Å². The van der Waals surface area contributed by atoms with Crippen LogP contribution >= 0.6 is 24.0 Å². The molecule has 0 aromatic heterocycles. The lowest BCUT2D eigenvalue weighted by molar-refractivity contribution is 0.0690. The lowest BCUT2D eigenvalue weighted by Gasteiger charge is -2.09. The molecule has 6 heteroatoms. The number of hydrogen-bond acceptors (Lipinski definition) is 3. The number of ether oxygens (including phenoxy) is 2. The number of methoxy groups -OCH3 is 1. The number of unbranched alkanes of at least 4 members (excludes halogenated alkanes) is 1. The summed E-state index contributed by atoms with van der Waals surface area (Å²) < 4.78 is 10.3. The van der Waals surface area contributed by atoms with E-state index in [-0.39, 0.29) is 24.0 Å². The van der Waals surface area contributed by atoms with Crippen LogP contribution in [0.1, 0.15) is 19.8 Å². The zero-order valence-electron chi connectivity index (χ0n) is 12.1. The molecule has 19 heavy (non-hydrogen) atoms. The minimum absolute atomic E-state index is 0. The Morgan fingerprint density at radius 1 is 1.21 bits per heavy atom. The van der Waals surface area contributed by atoms with Crippen molar-refractivity contribution < 1.29 is 9.47 Å². The van der Waals surface area contributed by atoms with Crippen molar-refractivity contribution in [1.29, 1.82) is 0 Å². The number of nitrogens with one attached hydrogen (secondary N) is 2. The number of rotatable bonds is 11. The average molecular weight is 385 g/mol. The van der Waals surface area contributed by atoms with Crippen LogP contribution in [0.25, 0.3) is 0 Å². The van der Waals surface area contributed by atoms with Crippen LogP contribution in [0.5, 0.6) is 0 Å². The Kier molecular flexibility index (Phi) is 19.5. The molecule has 0 aliphatic carbocycles. The van der Waals surface area contributed by atoms with Crippen LogP contribution in [0.4, 0.5) is 0 Å². The first-order valence-electron chi connectivity index (χ1n) is 6.54. The molecule has 0 saturated heterocycles. The highest BCUT2D eigenvalue weighted by molar-refractivity contribution is 14.0. The Bertz CT molecular complexity index is 226. The molecule has 0 bridgehead atoms. The molecule has 114 valence electrons. The van der Waals surface area contributed by atoms with E-state index >= 15 is 0 Å². The van der Waals surface area contributed by atoms with E-state index in [4.69, 9.17) is 9.47 Å². The van der Waals surface area contributed by atoms with Gasteiger partial charge in [0.15, 0.2) is 5.96 Å². The molecule has 0 aliphatic rings. The van der Waals surface area contributed by atoms with Crippen molar-refractivity contribution in [2.75, 3.05) is 46.6 Å². The Hall–Kier alpha value is -0.340. The number of nitrogens with zero attached hydrogens (tertiary/aromatic N) is 1. The fraction of sp³-hybridized carbons (Fsp3) is 0.769. The fourth-order valence-corrected chi connectivity index (χ4v) is 1.26. The standard InChI is InChI=1S/C13H27N3O2.HI/c1-4-8-15-13(14-5-2)16-9-6-7-10-18-12-11-17-3;/h4H,1,5-12H2,2-3H3,(H2,14,15,16);1H. The Morgan fingerprint density at radius 2 is 2.00 bits per heavy atom. The maximum atomic E-state index is 5.38. The van der Waals surface area contributed by atoms with Crippen molar-refractivity contribution in [3.8, 4) is 0 Å². The van der Waals surface area contributed by atoms with Gasteiger partial charge in [-0.15, -0.1) is 30.6 Å². The van der Waals surface area contributed by atoms with Gasteiger partial charge in [-0.1, -0.05) is 6.08 Å². The number of hydrogen-bond donors (Lipinski definition) is 2. The number of guanidine groups is 1. The summed E-state index contributed by atoms with van der Waals surface area (Å²) in [5.41, 5.74) is 0. The zero-order chi connectivity index (χ0) is 13.5. The topological polar surface area (TPSA) is 54.9 Å². The molecular formula is C13H28IN3O2. The minimum atomic E-state index is 0. The molecule has 0 amide bonds. The van der Waals surface area contributed by atoms with E-state index in [2.05, 4.69) is 29.1 Å². The van der Waals surface area contributed by atoms with E-state index in [9.17, 15) is 0 Å². The molecule has 5 nitrogen and oxygen atoms in total. The van der Waals surface area contributed by atoms with Crippen LogP contribution in [-0.2, 0) is 9.47 Å². The maximum Gasteiger partial charge on any atom is 0.191 e. The van der Waals surface area contributed by atoms with Crippen LogP contribution in [0.15, 0.2) is 17.6 Å². The third-order valence-electron chi connectivity index (χ3n) is 2.16. The first-order valence-corrected chi connectivity index (χ1v) is 6.54. The van der Waals surface area contributed by atoms with Crippen LogP contribution in [-0.4, -0.2) is 52.5 Å². The molecule has 0 heterocycles. The van der Waals surface area contributed by atoms with Crippen molar-refractivity contribution in [3.63, 3.8) is 0 Å². The van der Waals surface area contributed by atoms with Gasteiger partial charge in [0, 0.05) is 33.4 Å². The minimum Gasteiger partial charge on any atom is -0.382 e. The van der Waals surface area contributed by atoms with E-state index in [1.807, 2.05) is 6.08 Å². The summed E-state index contributed by atoms with van der Waals surface area (Å²) in [6.45, 7) is 10.2. The molecule has 0 atom stereocenters.